The second-order valence-electron chi connectivity index (χ2n) is 7.61. The molecule has 0 N–H and O–H groups in total. The first-order chi connectivity index (χ1) is 14.9. The molecule has 0 bridgehead atoms. The van der Waals surface area contributed by atoms with Crippen molar-refractivity contribution in [2.75, 3.05) is 0 Å². The topological polar surface area (TPSA) is 12.9 Å². The number of hydrogen-bond donors (Lipinski definition) is 0. The predicted octanol–water partition coefficient (Wildman–Crippen LogP) is 7.22. The van der Waals surface area contributed by atoms with Gasteiger partial charge in [-0.15, -0.1) is 0 Å². The molecule has 1 aliphatic carbocycles. The van der Waals surface area contributed by atoms with Crippen LogP contribution in [-0.4, -0.2) is 4.98 Å². The highest BCUT2D eigenvalue weighted by Crippen LogP contribution is 2.47. The molecule has 0 radical (unpaired) electrons. The van der Waals surface area contributed by atoms with Crippen molar-refractivity contribution in [2.45, 2.75) is 0 Å². The van der Waals surface area contributed by atoms with Crippen LogP contribution in [0, 0.1) is 0 Å². The zero-order chi connectivity index (χ0) is 19.9. The van der Waals surface area contributed by atoms with E-state index in [1.165, 1.54) is 55.3 Å². The predicted molar refractivity (Wildman–Crippen MR) is 125 cm³/mol. The average molecular weight is 381 g/mol. The van der Waals surface area contributed by atoms with E-state index >= 15 is 0 Å². The van der Waals surface area contributed by atoms with Gasteiger partial charge in [-0.05, 0) is 55.8 Å². The highest BCUT2D eigenvalue weighted by atomic mass is 14.6. The second-order valence-corrected chi connectivity index (χ2v) is 7.61. The van der Waals surface area contributed by atoms with Crippen LogP contribution in [0.5, 0.6) is 0 Å². The largest absolute Gasteiger partial charge is 0.264 e. The van der Waals surface area contributed by atoms with Crippen LogP contribution in [0.1, 0.15) is 22.3 Å². The van der Waals surface area contributed by atoms with Crippen LogP contribution >= 0.6 is 0 Å². The number of nitrogens with zero attached hydrogens (tertiary/aromatic N) is 1. The molecular weight excluding hydrogens is 362 g/mol. The van der Waals surface area contributed by atoms with Crippen molar-refractivity contribution in [3.63, 3.8) is 0 Å². The van der Waals surface area contributed by atoms with E-state index in [2.05, 4.69) is 108 Å². The van der Waals surface area contributed by atoms with Crippen molar-refractivity contribution < 1.29 is 0 Å². The summed E-state index contributed by atoms with van der Waals surface area (Å²) >= 11 is 0. The minimum atomic E-state index is 1.17. The fourth-order valence-corrected chi connectivity index (χ4v) is 4.68. The maximum Gasteiger partial charge on any atom is 0.0353 e. The Kier molecular flexibility index (Phi) is 3.85. The van der Waals surface area contributed by atoms with Gasteiger partial charge in [0.25, 0.3) is 0 Å². The number of pyridine rings is 1. The lowest BCUT2D eigenvalue weighted by molar-refractivity contribution is 1.31. The maximum atomic E-state index is 4.54. The normalized spacial score (nSPS) is 12.5. The van der Waals surface area contributed by atoms with Gasteiger partial charge in [-0.3, -0.25) is 4.98 Å². The summed E-state index contributed by atoms with van der Waals surface area (Å²) in [5, 5.41) is 2.56. The molecule has 1 aromatic heterocycles. The highest BCUT2D eigenvalue weighted by Gasteiger charge is 2.25. The maximum absolute atomic E-state index is 4.54. The molecule has 0 fully saturated rings. The van der Waals surface area contributed by atoms with Crippen molar-refractivity contribution in [1.29, 1.82) is 0 Å². The first kappa shape index (κ1) is 16.9. The summed E-state index contributed by atoms with van der Waals surface area (Å²) in [6, 6.07) is 36.8. The first-order valence-electron chi connectivity index (χ1n) is 10.2. The molecule has 0 saturated heterocycles. The molecule has 0 unspecified atom stereocenters. The first-order valence-corrected chi connectivity index (χ1v) is 10.2. The molecule has 0 spiro atoms. The standard InChI is InChI=1S/C29H19N/c1-3-9-21(10-4-1)28-25-16-8-14-20-13-7-15-24(27(20)25)23-17-18-30-19-26(23)29(28)22-11-5-2-6-12-22/h1-19H. The molecule has 0 amide bonds. The SMILES string of the molecule is c1ccc(C2=C(c3ccccc3)c3cccc4cccc(c34)-c3ccncc32)cc1. The molecule has 4 aromatic carbocycles. The molecule has 30 heavy (non-hydrogen) atoms. The van der Waals surface area contributed by atoms with E-state index < -0.39 is 0 Å². The summed E-state index contributed by atoms with van der Waals surface area (Å²) < 4.78 is 0. The third-order valence-corrected chi connectivity index (χ3v) is 5.93. The molecule has 140 valence electrons. The molecule has 0 saturated carbocycles. The van der Waals surface area contributed by atoms with Gasteiger partial charge in [0.15, 0.2) is 0 Å². The fourth-order valence-electron chi connectivity index (χ4n) is 4.68. The molecule has 0 atom stereocenters. The van der Waals surface area contributed by atoms with Crippen molar-refractivity contribution in [3.05, 3.63) is 138 Å². The van der Waals surface area contributed by atoms with Gasteiger partial charge in [0.1, 0.15) is 0 Å². The number of hydrogen-bond acceptors (Lipinski definition) is 1. The lowest BCUT2D eigenvalue weighted by Crippen LogP contribution is -1.97. The van der Waals surface area contributed by atoms with E-state index in [9.17, 15) is 0 Å². The second kappa shape index (κ2) is 6.82. The zero-order valence-corrected chi connectivity index (χ0v) is 16.4. The minimum Gasteiger partial charge on any atom is -0.264 e. The van der Waals surface area contributed by atoms with Gasteiger partial charge in [-0.1, -0.05) is 97.1 Å². The third kappa shape index (κ3) is 2.53. The van der Waals surface area contributed by atoms with Crippen molar-refractivity contribution >= 4 is 21.9 Å². The van der Waals surface area contributed by atoms with Crippen molar-refractivity contribution in [1.82, 2.24) is 4.98 Å². The Bertz CT molecular complexity index is 1410. The highest BCUT2D eigenvalue weighted by molar-refractivity contribution is 6.17. The van der Waals surface area contributed by atoms with Gasteiger partial charge in [0.2, 0.25) is 0 Å². The lowest BCUT2D eigenvalue weighted by atomic mass is 9.86. The van der Waals surface area contributed by atoms with Gasteiger partial charge >= 0.3 is 0 Å². The average Bonchev–Trinajstić information content (AvgIpc) is 2.95. The summed E-state index contributed by atoms with van der Waals surface area (Å²) in [5.74, 6) is 0. The van der Waals surface area contributed by atoms with Gasteiger partial charge in [-0.2, -0.15) is 0 Å². The van der Waals surface area contributed by atoms with Gasteiger partial charge in [0.05, 0.1) is 0 Å². The van der Waals surface area contributed by atoms with Crippen molar-refractivity contribution in [2.24, 2.45) is 0 Å². The lowest BCUT2D eigenvalue weighted by Gasteiger charge is -2.17. The monoisotopic (exact) mass is 381 g/mol. The summed E-state index contributed by atoms with van der Waals surface area (Å²) in [5.41, 5.74) is 9.84. The molecule has 1 aliphatic rings. The molecular formula is C29H19N. The van der Waals surface area contributed by atoms with Crippen LogP contribution in [0.25, 0.3) is 33.0 Å². The molecule has 0 aliphatic heterocycles. The van der Waals surface area contributed by atoms with Gasteiger partial charge in [0, 0.05) is 18.0 Å². The van der Waals surface area contributed by atoms with Crippen LogP contribution < -0.4 is 0 Å². The van der Waals surface area contributed by atoms with Crippen LogP contribution in [0.3, 0.4) is 0 Å². The summed E-state index contributed by atoms with van der Waals surface area (Å²) in [4.78, 5) is 4.54. The Labute approximate surface area is 176 Å². The van der Waals surface area contributed by atoms with E-state index in [0.717, 1.165) is 0 Å². The summed E-state index contributed by atoms with van der Waals surface area (Å²) in [7, 11) is 0. The Morgan fingerprint density at radius 3 is 1.70 bits per heavy atom. The van der Waals surface area contributed by atoms with E-state index in [-0.39, 0.29) is 0 Å². The molecule has 5 aromatic rings. The quantitative estimate of drug-likeness (QED) is 0.308. The van der Waals surface area contributed by atoms with Crippen LogP contribution in [0.4, 0.5) is 0 Å². The van der Waals surface area contributed by atoms with E-state index in [4.69, 9.17) is 0 Å². The van der Waals surface area contributed by atoms with E-state index in [0.29, 0.717) is 0 Å². The third-order valence-electron chi connectivity index (χ3n) is 5.93. The Morgan fingerprint density at radius 1 is 0.433 bits per heavy atom. The number of fused-ring (bicyclic) bond motifs is 2. The van der Waals surface area contributed by atoms with E-state index in [1.807, 2.05) is 12.4 Å². The minimum absolute atomic E-state index is 1.17. The van der Waals surface area contributed by atoms with Gasteiger partial charge < -0.3 is 0 Å². The Hall–Kier alpha value is -3.97. The van der Waals surface area contributed by atoms with Crippen LogP contribution in [0.15, 0.2) is 116 Å². The summed E-state index contributed by atoms with van der Waals surface area (Å²) in [6.45, 7) is 0. The van der Waals surface area contributed by atoms with Gasteiger partial charge in [-0.25, -0.2) is 0 Å². The Balaban J connectivity index is 1.88. The number of rotatable bonds is 2. The van der Waals surface area contributed by atoms with Crippen LogP contribution in [-0.2, 0) is 0 Å². The molecule has 1 heteroatoms. The number of aromatic nitrogens is 1. The summed E-state index contributed by atoms with van der Waals surface area (Å²) in [6.07, 6.45) is 3.92. The zero-order valence-electron chi connectivity index (χ0n) is 16.4. The van der Waals surface area contributed by atoms with Crippen LogP contribution in [0.2, 0.25) is 0 Å². The molecule has 1 nitrogen and oxygen atoms in total. The Morgan fingerprint density at radius 2 is 1.03 bits per heavy atom. The molecule has 1 heterocycles. The van der Waals surface area contributed by atoms with E-state index in [1.54, 1.807) is 0 Å². The van der Waals surface area contributed by atoms with Crippen molar-refractivity contribution in [3.8, 4) is 11.1 Å². The fraction of sp³-hybridized carbons (Fsp3) is 0. The number of benzene rings is 4. The smallest absolute Gasteiger partial charge is 0.0353 e. The molecule has 6 rings (SSSR count).